The van der Waals surface area contributed by atoms with Crippen LogP contribution in [0.5, 0.6) is 0 Å². The molecule has 1 rings (SSSR count). The van der Waals surface area contributed by atoms with Crippen molar-refractivity contribution in [1.82, 2.24) is 9.97 Å². The Morgan fingerprint density at radius 3 is 2.92 bits per heavy atom. The van der Waals surface area contributed by atoms with Gasteiger partial charge >= 0.3 is 5.97 Å². The Bertz CT molecular complexity index is 318. The van der Waals surface area contributed by atoms with E-state index in [0.717, 1.165) is 0 Å². The molecule has 0 saturated heterocycles. The van der Waals surface area contributed by atoms with Crippen molar-refractivity contribution in [2.75, 3.05) is 7.11 Å². The van der Waals surface area contributed by atoms with Gasteiger partial charge in [-0.15, -0.1) is 0 Å². The molecule has 1 aromatic heterocycles. The number of ether oxygens (including phenoxy) is 1. The summed E-state index contributed by atoms with van der Waals surface area (Å²) in [6.45, 7) is 0. The molecule has 0 N–H and O–H groups in total. The number of carbonyl (C=O) groups is 1. The highest BCUT2D eigenvalue weighted by Gasteiger charge is 2.13. The van der Waals surface area contributed by atoms with Crippen LogP contribution in [-0.2, 0) is 4.74 Å². The van der Waals surface area contributed by atoms with Gasteiger partial charge in [-0.25, -0.2) is 14.8 Å². The summed E-state index contributed by atoms with van der Waals surface area (Å²) >= 11 is 7.57. The van der Waals surface area contributed by atoms with Crippen LogP contribution in [0.1, 0.15) is 10.5 Å². The third kappa shape index (κ3) is 2.04. The molecule has 0 aliphatic rings. The minimum atomic E-state index is -0.580. The van der Waals surface area contributed by atoms with Crippen molar-refractivity contribution in [1.29, 1.82) is 0 Å². The molecule has 1 heterocycles. The summed E-state index contributed by atoms with van der Waals surface area (Å²) in [5, 5.41) is 0.0637. The lowest BCUT2D eigenvalue weighted by Gasteiger charge is -1.99. The molecule has 0 bridgehead atoms. The fraction of sp³-hybridized carbons (Fsp3) is 0.167. The smallest absolute Gasteiger partial charge is 0.359 e. The quantitative estimate of drug-likeness (QED) is 0.583. The van der Waals surface area contributed by atoms with Gasteiger partial charge in [0, 0.05) is 0 Å². The lowest BCUT2D eigenvalue weighted by molar-refractivity contribution is 0.0593. The van der Waals surface area contributed by atoms with Crippen LogP contribution in [0.2, 0.25) is 5.15 Å². The summed E-state index contributed by atoms with van der Waals surface area (Å²) in [5.41, 5.74) is 0.0413. The molecule has 0 saturated carbocycles. The Morgan fingerprint density at radius 2 is 2.42 bits per heavy atom. The molecule has 1 aromatic rings. The molecule has 0 radical (unpaired) electrons. The van der Waals surface area contributed by atoms with E-state index in [2.05, 4.69) is 14.7 Å². The van der Waals surface area contributed by atoms with Crippen molar-refractivity contribution in [2.45, 2.75) is 0 Å². The van der Waals surface area contributed by atoms with Gasteiger partial charge < -0.3 is 4.74 Å². The topological polar surface area (TPSA) is 52.1 Å². The van der Waals surface area contributed by atoms with E-state index in [1.54, 1.807) is 0 Å². The van der Waals surface area contributed by atoms with E-state index in [9.17, 15) is 4.79 Å². The van der Waals surface area contributed by atoms with Crippen molar-refractivity contribution < 1.29 is 9.53 Å². The maximum Gasteiger partial charge on any atom is 0.359 e. The first-order chi connectivity index (χ1) is 5.65. The Morgan fingerprint density at radius 1 is 1.75 bits per heavy atom. The number of nitrogens with zero attached hydrogens (tertiary/aromatic N) is 2. The number of hydrogen-bond acceptors (Lipinski definition) is 4. The van der Waals surface area contributed by atoms with Crippen molar-refractivity contribution in [3.05, 3.63) is 20.7 Å². The molecule has 0 amide bonds. The van der Waals surface area contributed by atoms with Gasteiger partial charge in [-0.05, 0) is 22.6 Å². The Balaban J connectivity index is 3.09. The SMILES string of the molecule is COC(=O)c1ncc(I)nc1Cl. The predicted molar refractivity (Wildman–Crippen MR) is 51.1 cm³/mol. The van der Waals surface area contributed by atoms with Crippen LogP contribution in [0.3, 0.4) is 0 Å². The molecular weight excluding hydrogens is 294 g/mol. The monoisotopic (exact) mass is 298 g/mol. The van der Waals surface area contributed by atoms with E-state index in [0.29, 0.717) is 3.70 Å². The van der Waals surface area contributed by atoms with Gasteiger partial charge in [-0.1, -0.05) is 11.6 Å². The lowest BCUT2D eigenvalue weighted by atomic mass is 10.5. The maximum absolute atomic E-state index is 10.9. The summed E-state index contributed by atoms with van der Waals surface area (Å²) < 4.78 is 5.06. The van der Waals surface area contributed by atoms with Gasteiger partial charge in [0.25, 0.3) is 0 Å². The van der Waals surface area contributed by atoms with Crippen LogP contribution in [0.4, 0.5) is 0 Å². The third-order valence-corrected chi connectivity index (χ3v) is 1.86. The van der Waals surface area contributed by atoms with Crippen molar-refractivity contribution in [3.8, 4) is 0 Å². The fourth-order valence-electron chi connectivity index (χ4n) is 0.580. The normalized spacial score (nSPS) is 9.58. The number of aromatic nitrogens is 2. The zero-order valence-electron chi connectivity index (χ0n) is 6.04. The molecule has 0 unspecified atom stereocenters. The first-order valence-electron chi connectivity index (χ1n) is 2.91. The summed E-state index contributed by atoms with van der Waals surface area (Å²) in [6, 6.07) is 0. The zero-order valence-corrected chi connectivity index (χ0v) is 8.96. The van der Waals surface area contributed by atoms with Gasteiger partial charge in [-0.3, -0.25) is 0 Å². The van der Waals surface area contributed by atoms with E-state index in [4.69, 9.17) is 11.6 Å². The van der Waals surface area contributed by atoms with Gasteiger partial charge in [0.05, 0.1) is 13.3 Å². The van der Waals surface area contributed by atoms with E-state index in [1.165, 1.54) is 13.3 Å². The Kier molecular flexibility index (Phi) is 3.21. The van der Waals surface area contributed by atoms with E-state index >= 15 is 0 Å². The number of methoxy groups -OCH3 is 1. The number of carbonyl (C=O) groups excluding carboxylic acids is 1. The second-order valence-corrected chi connectivity index (χ2v) is 3.29. The average molecular weight is 298 g/mol. The molecule has 0 spiro atoms. The van der Waals surface area contributed by atoms with Gasteiger partial charge in [0.2, 0.25) is 0 Å². The molecular formula is C6H4ClIN2O2. The highest BCUT2D eigenvalue weighted by Crippen LogP contribution is 2.12. The third-order valence-electron chi connectivity index (χ3n) is 1.08. The summed E-state index contributed by atoms with van der Waals surface area (Å²) in [6.07, 6.45) is 1.44. The van der Waals surface area contributed by atoms with Crippen LogP contribution in [-0.4, -0.2) is 23.0 Å². The van der Waals surface area contributed by atoms with Crippen molar-refractivity contribution in [3.63, 3.8) is 0 Å². The summed E-state index contributed by atoms with van der Waals surface area (Å²) in [7, 11) is 1.26. The highest BCUT2D eigenvalue weighted by atomic mass is 127. The van der Waals surface area contributed by atoms with Crippen LogP contribution in [0, 0.1) is 3.70 Å². The number of esters is 1. The van der Waals surface area contributed by atoms with Crippen molar-refractivity contribution >= 4 is 40.2 Å². The molecule has 4 nitrogen and oxygen atoms in total. The minimum Gasteiger partial charge on any atom is -0.464 e. The molecule has 0 fully saturated rings. The van der Waals surface area contributed by atoms with Crippen LogP contribution in [0.15, 0.2) is 6.20 Å². The Labute approximate surface area is 87.4 Å². The second kappa shape index (κ2) is 3.99. The molecule has 0 aromatic carbocycles. The Hall–Kier alpha value is -0.430. The first kappa shape index (κ1) is 9.66. The number of halogens is 2. The number of rotatable bonds is 1. The zero-order chi connectivity index (χ0) is 9.14. The van der Waals surface area contributed by atoms with Crippen LogP contribution < -0.4 is 0 Å². The molecule has 12 heavy (non-hydrogen) atoms. The second-order valence-electron chi connectivity index (χ2n) is 1.82. The van der Waals surface area contributed by atoms with E-state index in [1.807, 2.05) is 22.6 Å². The van der Waals surface area contributed by atoms with Gasteiger partial charge in [0.15, 0.2) is 10.8 Å². The number of hydrogen-bond donors (Lipinski definition) is 0. The molecule has 64 valence electrons. The van der Waals surface area contributed by atoms with E-state index < -0.39 is 5.97 Å². The molecule has 0 aliphatic heterocycles. The van der Waals surface area contributed by atoms with Crippen LogP contribution >= 0.6 is 34.2 Å². The first-order valence-corrected chi connectivity index (χ1v) is 4.37. The largest absolute Gasteiger partial charge is 0.464 e. The maximum atomic E-state index is 10.9. The molecule has 0 atom stereocenters. The molecule has 0 aliphatic carbocycles. The summed E-state index contributed by atoms with van der Waals surface area (Å²) in [5.74, 6) is -0.580. The van der Waals surface area contributed by atoms with E-state index in [-0.39, 0.29) is 10.8 Å². The predicted octanol–water partition coefficient (Wildman–Crippen LogP) is 1.52. The van der Waals surface area contributed by atoms with Crippen LogP contribution in [0.25, 0.3) is 0 Å². The lowest BCUT2D eigenvalue weighted by Crippen LogP contribution is -2.06. The summed E-state index contributed by atoms with van der Waals surface area (Å²) in [4.78, 5) is 18.5. The van der Waals surface area contributed by atoms with Gasteiger partial charge in [-0.2, -0.15) is 0 Å². The van der Waals surface area contributed by atoms with Crippen molar-refractivity contribution in [2.24, 2.45) is 0 Å². The fourth-order valence-corrected chi connectivity index (χ4v) is 1.32. The molecule has 6 heteroatoms. The minimum absolute atomic E-state index is 0.0413. The van der Waals surface area contributed by atoms with Gasteiger partial charge in [0.1, 0.15) is 3.70 Å². The highest BCUT2D eigenvalue weighted by molar-refractivity contribution is 14.1. The standard InChI is InChI=1S/C6H4ClIN2O2/c1-12-6(11)4-5(7)10-3(8)2-9-4/h2H,1H3. The average Bonchev–Trinajstić information content (AvgIpc) is 2.03.